The smallest absolute Gasteiger partial charge is 0.162 e. The lowest BCUT2D eigenvalue weighted by Crippen LogP contribution is -1.98. The number of anilines is 1. The first kappa shape index (κ1) is 13.8. The van der Waals surface area contributed by atoms with Gasteiger partial charge < -0.3 is 5.32 Å². The summed E-state index contributed by atoms with van der Waals surface area (Å²) in [4.78, 5) is 9.22. The van der Waals surface area contributed by atoms with Gasteiger partial charge in [-0.05, 0) is 12.1 Å². The molecule has 1 heterocycles. The van der Waals surface area contributed by atoms with Gasteiger partial charge in [-0.25, -0.2) is 9.97 Å². The van der Waals surface area contributed by atoms with Crippen LogP contribution in [0.2, 0.25) is 0 Å². The first-order chi connectivity index (χ1) is 10.3. The van der Waals surface area contributed by atoms with Crippen LogP contribution in [0.15, 0.2) is 65.1 Å². The molecule has 0 atom stereocenters. The molecule has 0 aliphatic rings. The van der Waals surface area contributed by atoms with Gasteiger partial charge in [-0.15, -0.1) is 0 Å². The Morgan fingerprint density at radius 3 is 2.24 bits per heavy atom. The number of halogens is 1. The lowest BCUT2D eigenvalue weighted by molar-refractivity contribution is 1.17. The Balaban J connectivity index is 2.11. The van der Waals surface area contributed by atoms with Crippen LogP contribution in [-0.2, 0) is 0 Å². The Bertz CT molecular complexity index is 740. The third kappa shape index (κ3) is 3.11. The average Bonchev–Trinajstić information content (AvgIpc) is 2.56. The molecule has 0 aliphatic carbocycles. The van der Waals surface area contributed by atoms with Crippen LogP contribution in [-0.4, -0.2) is 17.0 Å². The summed E-state index contributed by atoms with van der Waals surface area (Å²) in [6.07, 6.45) is 0. The molecule has 4 heteroatoms. The first-order valence-corrected chi connectivity index (χ1v) is 7.44. The minimum Gasteiger partial charge on any atom is -0.373 e. The van der Waals surface area contributed by atoms with Crippen LogP contribution in [0.1, 0.15) is 0 Å². The molecule has 0 fully saturated rings. The van der Waals surface area contributed by atoms with Gasteiger partial charge in [-0.1, -0.05) is 58.4 Å². The van der Waals surface area contributed by atoms with Crippen LogP contribution in [0.3, 0.4) is 0 Å². The van der Waals surface area contributed by atoms with Crippen LogP contribution >= 0.6 is 15.9 Å². The standard InChI is InChI=1S/C17H14BrN3/c1-19-16-11-15(12-7-9-14(18)10-8-12)20-17(21-16)13-5-3-2-4-6-13/h2-11H,1H3,(H,19,20,21). The average molecular weight is 340 g/mol. The topological polar surface area (TPSA) is 37.8 Å². The molecule has 0 bridgehead atoms. The van der Waals surface area contributed by atoms with E-state index < -0.39 is 0 Å². The normalized spacial score (nSPS) is 10.4. The highest BCUT2D eigenvalue weighted by Crippen LogP contribution is 2.25. The van der Waals surface area contributed by atoms with Crippen molar-refractivity contribution in [3.8, 4) is 22.6 Å². The van der Waals surface area contributed by atoms with Crippen LogP contribution < -0.4 is 5.32 Å². The zero-order valence-corrected chi connectivity index (χ0v) is 13.1. The van der Waals surface area contributed by atoms with Crippen molar-refractivity contribution in [3.63, 3.8) is 0 Å². The van der Waals surface area contributed by atoms with Gasteiger partial charge in [0.1, 0.15) is 5.82 Å². The van der Waals surface area contributed by atoms with Gasteiger partial charge in [-0.2, -0.15) is 0 Å². The highest BCUT2D eigenvalue weighted by Gasteiger charge is 2.07. The summed E-state index contributed by atoms with van der Waals surface area (Å²) in [6.45, 7) is 0. The Hall–Kier alpha value is -2.20. The maximum absolute atomic E-state index is 4.69. The van der Waals surface area contributed by atoms with Crippen molar-refractivity contribution in [2.75, 3.05) is 12.4 Å². The second-order valence-corrected chi connectivity index (χ2v) is 5.50. The summed E-state index contributed by atoms with van der Waals surface area (Å²) in [5.74, 6) is 1.53. The third-order valence-electron chi connectivity index (χ3n) is 3.15. The fourth-order valence-corrected chi connectivity index (χ4v) is 2.32. The van der Waals surface area contributed by atoms with Gasteiger partial charge in [0.05, 0.1) is 5.69 Å². The van der Waals surface area contributed by atoms with Crippen molar-refractivity contribution < 1.29 is 0 Å². The summed E-state index contributed by atoms with van der Waals surface area (Å²) >= 11 is 3.45. The Kier molecular flexibility index (Phi) is 3.97. The molecule has 21 heavy (non-hydrogen) atoms. The van der Waals surface area contributed by atoms with Crippen molar-refractivity contribution in [2.24, 2.45) is 0 Å². The summed E-state index contributed by atoms with van der Waals surface area (Å²) in [5, 5.41) is 3.10. The van der Waals surface area contributed by atoms with E-state index in [1.54, 1.807) is 0 Å². The van der Waals surface area contributed by atoms with Crippen molar-refractivity contribution in [2.45, 2.75) is 0 Å². The highest BCUT2D eigenvalue weighted by molar-refractivity contribution is 9.10. The lowest BCUT2D eigenvalue weighted by atomic mass is 10.1. The number of benzene rings is 2. The monoisotopic (exact) mass is 339 g/mol. The highest BCUT2D eigenvalue weighted by atomic mass is 79.9. The molecule has 0 saturated heterocycles. The van der Waals surface area contributed by atoms with E-state index in [1.807, 2.05) is 67.7 Å². The van der Waals surface area contributed by atoms with Crippen molar-refractivity contribution in [1.29, 1.82) is 0 Å². The molecule has 3 nitrogen and oxygen atoms in total. The third-order valence-corrected chi connectivity index (χ3v) is 3.68. The molecular formula is C17H14BrN3. The summed E-state index contributed by atoms with van der Waals surface area (Å²) in [5.41, 5.74) is 2.97. The van der Waals surface area contributed by atoms with Gasteiger partial charge in [-0.3, -0.25) is 0 Å². The van der Waals surface area contributed by atoms with Crippen LogP contribution in [0.25, 0.3) is 22.6 Å². The predicted octanol–water partition coefficient (Wildman–Crippen LogP) is 4.61. The quantitative estimate of drug-likeness (QED) is 0.756. The number of hydrogen-bond donors (Lipinski definition) is 1. The maximum atomic E-state index is 4.69. The number of hydrogen-bond acceptors (Lipinski definition) is 3. The maximum Gasteiger partial charge on any atom is 0.162 e. The molecule has 104 valence electrons. The van der Waals surface area contributed by atoms with E-state index in [9.17, 15) is 0 Å². The van der Waals surface area contributed by atoms with Crippen molar-refractivity contribution in [1.82, 2.24) is 9.97 Å². The summed E-state index contributed by atoms with van der Waals surface area (Å²) in [7, 11) is 1.86. The number of aromatic nitrogens is 2. The molecule has 0 saturated carbocycles. The fraction of sp³-hybridized carbons (Fsp3) is 0.0588. The molecule has 3 rings (SSSR count). The van der Waals surface area contributed by atoms with Crippen molar-refractivity contribution in [3.05, 3.63) is 65.1 Å². The molecule has 2 aromatic carbocycles. The Labute approximate surface area is 132 Å². The van der Waals surface area contributed by atoms with Gasteiger partial charge in [0.25, 0.3) is 0 Å². The molecular weight excluding hydrogens is 326 g/mol. The van der Waals surface area contributed by atoms with E-state index in [2.05, 4.69) is 31.2 Å². The molecule has 0 spiro atoms. The Morgan fingerprint density at radius 1 is 0.857 bits per heavy atom. The van der Waals surface area contributed by atoms with E-state index in [1.165, 1.54) is 0 Å². The molecule has 1 aromatic heterocycles. The molecule has 0 radical (unpaired) electrons. The zero-order valence-electron chi connectivity index (χ0n) is 11.5. The van der Waals surface area contributed by atoms with Crippen LogP contribution in [0.4, 0.5) is 5.82 Å². The molecule has 0 amide bonds. The largest absolute Gasteiger partial charge is 0.373 e. The summed E-state index contributed by atoms with van der Waals surface area (Å²) in [6, 6.07) is 20.1. The van der Waals surface area contributed by atoms with Gasteiger partial charge in [0.2, 0.25) is 0 Å². The first-order valence-electron chi connectivity index (χ1n) is 6.64. The van der Waals surface area contributed by atoms with Gasteiger partial charge in [0.15, 0.2) is 5.82 Å². The van der Waals surface area contributed by atoms with Gasteiger partial charge >= 0.3 is 0 Å². The molecule has 0 aliphatic heterocycles. The van der Waals surface area contributed by atoms with E-state index in [4.69, 9.17) is 0 Å². The fourth-order valence-electron chi connectivity index (χ4n) is 2.06. The van der Waals surface area contributed by atoms with Crippen LogP contribution in [0.5, 0.6) is 0 Å². The molecule has 3 aromatic rings. The number of nitrogens with zero attached hydrogens (tertiary/aromatic N) is 2. The van der Waals surface area contributed by atoms with E-state index in [-0.39, 0.29) is 0 Å². The second-order valence-electron chi connectivity index (χ2n) is 4.58. The minimum absolute atomic E-state index is 0.723. The number of rotatable bonds is 3. The summed E-state index contributed by atoms with van der Waals surface area (Å²) < 4.78 is 1.05. The number of nitrogens with one attached hydrogen (secondary N) is 1. The Morgan fingerprint density at radius 2 is 1.57 bits per heavy atom. The van der Waals surface area contributed by atoms with Crippen molar-refractivity contribution >= 4 is 21.7 Å². The SMILES string of the molecule is CNc1cc(-c2ccc(Br)cc2)nc(-c2ccccc2)n1. The zero-order chi connectivity index (χ0) is 14.7. The molecule has 0 unspecified atom stereocenters. The predicted molar refractivity (Wildman–Crippen MR) is 90.2 cm³/mol. The van der Waals surface area contributed by atoms with E-state index >= 15 is 0 Å². The van der Waals surface area contributed by atoms with E-state index in [0.29, 0.717) is 0 Å². The van der Waals surface area contributed by atoms with E-state index in [0.717, 1.165) is 32.9 Å². The molecule has 1 N–H and O–H groups in total. The van der Waals surface area contributed by atoms with Gasteiger partial charge in [0, 0.05) is 28.7 Å². The lowest BCUT2D eigenvalue weighted by Gasteiger charge is -2.08. The van der Waals surface area contributed by atoms with Crippen LogP contribution in [0, 0.1) is 0 Å². The minimum atomic E-state index is 0.723. The second kappa shape index (κ2) is 6.06.